The molecule has 0 aliphatic heterocycles. The summed E-state index contributed by atoms with van der Waals surface area (Å²) in [5.74, 6) is -0.475. The van der Waals surface area contributed by atoms with E-state index in [0.717, 1.165) is 0 Å². The monoisotopic (exact) mass is 151 g/mol. The summed E-state index contributed by atoms with van der Waals surface area (Å²) in [7, 11) is 0. The molecule has 0 aliphatic rings. The highest BCUT2D eigenvalue weighted by Gasteiger charge is 2.10. The fourth-order valence-electron chi connectivity index (χ4n) is 0.267. The van der Waals surface area contributed by atoms with Crippen molar-refractivity contribution >= 4 is 17.6 Å². The molecule has 54 valence electrons. The van der Waals surface area contributed by atoms with Gasteiger partial charge >= 0.3 is 5.97 Å². The zero-order valence-corrected chi connectivity index (χ0v) is 6.18. The summed E-state index contributed by atoms with van der Waals surface area (Å²) in [5.41, 5.74) is 4.56. The van der Waals surface area contributed by atoms with Crippen LogP contribution in [-0.4, -0.2) is 17.6 Å². The van der Waals surface area contributed by atoms with Crippen molar-refractivity contribution in [2.75, 3.05) is 0 Å². The second kappa shape index (κ2) is 3.69. The van der Waals surface area contributed by atoms with Crippen molar-refractivity contribution in [2.24, 2.45) is 5.73 Å². The number of esters is 1. The van der Waals surface area contributed by atoms with Crippen LogP contribution in [0.15, 0.2) is 0 Å². The van der Waals surface area contributed by atoms with Crippen LogP contribution in [0, 0.1) is 0 Å². The molecule has 0 aromatic heterocycles. The molecule has 3 nitrogen and oxygen atoms in total. The van der Waals surface area contributed by atoms with Crippen LogP contribution in [0.3, 0.4) is 0 Å². The van der Waals surface area contributed by atoms with Gasteiger partial charge in [-0.25, -0.2) is 0 Å². The molecule has 9 heavy (non-hydrogen) atoms. The molecule has 0 saturated carbocycles. The summed E-state index contributed by atoms with van der Waals surface area (Å²) in [4.78, 5) is 10.5. The van der Waals surface area contributed by atoms with Gasteiger partial charge in [-0.15, -0.1) is 0 Å². The van der Waals surface area contributed by atoms with Crippen molar-refractivity contribution in [1.29, 1.82) is 0 Å². The van der Waals surface area contributed by atoms with E-state index in [1.54, 1.807) is 13.8 Å². The first-order chi connectivity index (χ1) is 4.04. The SMILES string of the molecule is CC(Cl)OC(=O)[C@H](C)N. The van der Waals surface area contributed by atoms with Gasteiger partial charge in [0.25, 0.3) is 0 Å². The lowest BCUT2D eigenvalue weighted by Crippen LogP contribution is -2.30. The third kappa shape index (κ3) is 4.24. The molecule has 2 N–H and O–H groups in total. The Morgan fingerprint density at radius 1 is 1.67 bits per heavy atom. The highest BCUT2D eigenvalue weighted by Crippen LogP contribution is 1.96. The first-order valence-electron chi connectivity index (χ1n) is 2.64. The van der Waals surface area contributed by atoms with Crippen LogP contribution in [0.4, 0.5) is 0 Å². The zero-order valence-electron chi connectivity index (χ0n) is 5.43. The molecule has 0 spiro atoms. The highest BCUT2D eigenvalue weighted by molar-refractivity contribution is 6.20. The molecule has 0 aromatic rings. The number of ether oxygens (including phenoxy) is 1. The van der Waals surface area contributed by atoms with E-state index in [1.807, 2.05) is 0 Å². The second-order valence-corrected chi connectivity index (χ2v) is 2.38. The van der Waals surface area contributed by atoms with Gasteiger partial charge < -0.3 is 10.5 Å². The van der Waals surface area contributed by atoms with Gasteiger partial charge in [-0.2, -0.15) is 0 Å². The van der Waals surface area contributed by atoms with Crippen molar-refractivity contribution in [3.8, 4) is 0 Å². The van der Waals surface area contributed by atoms with E-state index in [0.29, 0.717) is 0 Å². The van der Waals surface area contributed by atoms with Gasteiger partial charge in [0, 0.05) is 0 Å². The minimum Gasteiger partial charge on any atom is -0.445 e. The molecule has 0 rings (SSSR count). The van der Waals surface area contributed by atoms with Crippen molar-refractivity contribution in [1.82, 2.24) is 0 Å². The molecule has 0 amide bonds. The largest absolute Gasteiger partial charge is 0.445 e. The number of carbonyl (C=O) groups is 1. The summed E-state index contributed by atoms with van der Waals surface area (Å²) in [5, 5.41) is 0. The lowest BCUT2D eigenvalue weighted by molar-refractivity contribution is -0.145. The normalized spacial score (nSPS) is 16.4. The summed E-state index contributed by atoms with van der Waals surface area (Å²) >= 11 is 5.32. The van der Waals surface area contributed by atoms with Crippen LogP contribution in [-0.2, 0) is 9.53 Å². The summed E-state index contributed by atoms with van der Waals surface area (Å²) in [6.07, 6.45) is 0. The fraction of sp³-hybridized carbons (Fsp3) is 0.800. The molecule has 1 unspecified atom stereocenters. The maximum absolute atomic E-state index is 10.5. The summed E-state index contributed by atoms with van der Waals surface area (Å²) in [6, 6.07) is -0.591. The Kier molecular flexibility index (Phi) is 3.58. The zero-order chi connectivity index (χ0) is 7.44. The van der Waals surface area contributed by atoms with Crippen molar-refractivity contribution in [3.05, 3.63) is 0 Å². The second-order valence-electron chi connectivity index (χ2n) is 1.77. The Labute approximate surface area is 59.1 Å². The maximum Gasteiger partial charge on any atom is 0.324 e. The molecule has 0 aromatic carbocycles. The lowest BCUT2D eigenvalue weighted by Gasteiger charge is -2.07. The number of hydrogen-bond acceptors (Lipinski definition) is 3. The van der Waals surface area contributed by atoms with Gasteiger partial charge in [-0.1, -0.05) is 11.6 Å². The number of alkyl halides is 1. The summed E-state index contributed by atoms with van der Waals surface area (Å²) < 4.78 is 4.51. The smallest absolute Gasteiger partial charge is 0.324 e. The minimum absolute atomic E-state index is 0.475. The van der Waals surface area contributed by atoms with E-state index >= 15 is 0 Å². The quantitative estimate of drug-likeness (QED) is 0.461. The topological polar surface area (TPSA) is 52.3 Å². The van der Waals surface area contributed by atoms with E-state index in [9.17, 15) is 4.79 Å². The first-order valence-corrected chi connectivity index (χ1v) is 3.08. The van der Waals surface area contributed by atoms with Crippen LogP contribution in [0.1, 0.15) is 13.8 Å². The molecule has 0 heterocycles. The van der Waals surface area contributed by atoms with Crippen molar-refractivity contribution in [2.45, 2.75) is 25.5 Å². The molecule has 0 saturated heterocycles. The molecule has 0 bridgehead atoms. The summed E-state index contributed by atoms with van der Waals surface area (Å²) in [6.45, 7) is 3.10. The first kappa shape index (κ1) is 8.72. The maximum atomic E-state index is 10.5. The number of nitrogens with two attached hydrogens (primary N) is 1. The van der Waals surface area contributed by atoms with Gasteiger partial charge in [0.15, 0.2) is 5.56 Å². The highest BCUT2D eigenvalue weighted by atomic mass is 35.5. The van der Waals surface area contributed by atoms with Crippen LogP contribution >= 0.6 is 11.6 Å². The Morgan fingerprint density at radius 3 is 2.22 bits per heavy atom. The lowest BCUT2D eigenvalue weighted by atomic mass is 10.4. The average Bonchev–Trinajstić information content (AvgIpc) is 1.63. The standard InChI is InChI=1S/C5H10ClNO2/c1-3(7)5(8)9-4(2)6/h3-4H,7H2,1-2H3/t3-,4?/m0/s1. The van der Waals surface area contributed by atoms with Gasteiger partial charge in [0.1, 0.15) is 6.04 Å². The minimum atomic E-state index is -0.594. The Balaban J connectivity index is 3.51. The molecular weight excluding hydrogens is 142 g/mol. The van der Waals surface area contributed by atoms with E-state index < -0.39 is 17.6 Å². The number of rotatable bonds is 2. The molecule has 0 radical (unpaired) electrons. The Morgan fingerprint density at radius 2 is 2.11 bits per heavy atom. The van der Waals surface area contributed by atoms with Crippen LogP contribution in [0.25, 0.3) is 0 Å². The Hall–Kier alpha value is -0.280. The van der Waals surface area contributed by atoms with Gasteiger partial charge in [0.05, 0.1) is 0 Å². The third-order valence-corrected chi connectivity index (χ3v) is 0.739. The van der Waals surface area contributed by atoms with Crippen LogP contribution in [0.2, 0.25) is 0 Å². The third-order valence-electron chi connectivity index (χ3n) is 0.650. The molecule has 4 heteroatoms. The average molecular weight is 152 g/mol. The van der Waals surface area contributed by atoms with E-state index in [-0.39, 0.29) is 0 Å². The van der Waals surface area contributed by atoms with Crippen LogP contribution in [0.5, 0.6) is 0 Å². The number of hydrogen-bond donors (Lipinski definition) is 1. The fourth-order valence-corrected chi connectivity index (χ4v) is 0.355. The van der Waals surface area contributed by atoms with Crippen LogP contribution < -0.4 is 5.73 Å². The van der Waals surface area contributed by atoms with E-state index in [2.05, 4.69) is 4.74 Å². The van der Waals surface area contributed by atoms with Gasteiger partial charge in [-0.3, -0.25) is 4.79 Å². The molecule has 2 atom stereocenters. The molecule has 0 aliphatic carbocycles. The number of halogens is 1. The van der Waals surface area contributed by atoms with E-state index in [1.165, 1.54) is 0 Å². The molecule has 0 fully saturated rings. The van der Waals surface area contributed by atoms with Crippen molar-refractivity contribution < 1.29 is 9.53 Å². The number of carbonyl (C=O) groups excluding carboxylic acids is 1. The van der Waals surface area contributed by atoms with Gasteiger partial charge in [-0.05, 0) is 13.8 Å². The Bertz CT molecular complexity index is 103. The predicted molar refractivity (Wildman–Crippen MR) is 35.1 cm³/mol. The predicted octanol–water partition coefficient (Wildman–Crippen LogP) is 0.462. The van der Waals surface area contributed by atoms with Gasteiger partial charge in [0.2, 0.25) is 0 Å². The molecular formula is C5H10ClNO2. The van der Waals surface area contributed by atoms with Crippen molar-refractivity contribution in [3.63, 3.8) is 0 Å². The van der Waals surface area contributed by atoms with E-state index in [4.69, 9.17) is 17.3 Å².